The van der Waals surface area contributed by atoms with E-state index in [2.05, 4.69) is 4.74 Å². The van der Waals surface area contributed by atoms with Crippen molar-refractivity contribution in [1.29, 1.82) is 0 Å². The molecule has 0 aliphatic rings. The van der Waals surface area contributed by atoms with Crippen LogP contribution in [0.3, 0.4) is 0 Å². The van der Waals surface area contributed by atoms with Gasteiger partial charge in [0.15, 0.2) is 10.7 Å². The van der Waals surface area contributed by atoms with E-state index in [9.17, 15) is 52.8 Å². The summed E-state index contributed by atoms with van der Waals surface area (Å²) in [6.45, 7) is 1.03. The molecule has 0 atom stereocenters. The lowest BCUT2D eigenvalue weighted by atomic mass is 10.2. The van der Waals surface area contributed by atoms with E-state index in [1.807, 2.05) is 4.98 Å². The maximum Gasteiger partial charge on any atom is 0.502 e. The minimum Gasteiger partial charge on any atom is -0.465 e. The van der Waals surface area contributed by atoms with E-state index in [4.69, 9.17) is 0 Å². The number of halogens is 6. The minimum atomic E-state index is -6.45. The molecule has 0 aliphatic carbocycles. The molecule has 16 heteroatoms. The maximum atomic E-state index is 13.3. The molecule has 0 unspecified atom stereocenters. The molecule has 0 aliphatic heterocycles. The van der Waals surface area contributed by atoms with Crippen LogP contribution in [0.4, 0.5) is 26.3 Å². The highest BCUT2D eigenvalue weighted by Gasteiger charge is 2.52. The van der Waals surface area contributed by atoms with Gasteiger partial charge in [-0.15, -0.1) is 0 Å². The number of aromatic nitrogens is 1. The Labute approximate surface area is 181 Å². The largest absolute Gasteiger partial charge is 0.502 e. The summed E-state index contributed by atoms with van der Waals surface area (Å²) >= 11 is 0. The highest BCUT2D eigenvalue weighted by molar-refractivity contribution is 8.02. The van der Waals surface area contributed by atoms with Crippen LogP contribution in [-0.4, -0.2) is 51.7 Å². The first-order valence-corrected chi connectivity index (χ1v) is 11.5. The number of fused-ring (bicyclic) bond motifs is 1. The smallest absolute Gasteiger partial charge is 0.465 e. The first-order chi connectivity index (χ1) is 14.9. The number of nitrogens with one attached hydrogen (secondary N) is 1. The monoisotopic (exact) mass is 521 g/mol. The molecule has 182 valence electrons. The Bertz CT molecular complexity index is 1360. The summed E-state index contributed by atoms with van der Waals surface area (Å²) in [5.41, 5.74) is -12.0. The van der Waals surface area contributed by atoms with Gasteiger partial charge in [-0.25, -0.2) is 21.6 Å². The second-order valence-electron chi connectivity index (χ2n) is 6.25. The summed E-state index contributed by atoms with van der Waals surface area (Å²) in [6, 6.07) is 4.09. The number of rotatable bonds is 5. The number of aromatic amines is 1. The third-order valence-corrected chi connectivity index (χ3v) is 7.36. The SMILES string of the molecule is CCC(=O)C(=c1[nH]/c(=C(/C(=O)OC)S(=O)(=O)C(F)(F)F)c2ccccc12)S(=O)(=O)C(F)(F)F. The number of sulfone groups is 2. The molecule has 0 saturated heterocycles. The Morgan fingerprint density at radius 1 is 0.848 bits per heavy atom. The zero-order chi connectivity index (χ0) is 25.6. The number of Topliss-reactive ketones (excluding diaryl/α,β-unsaturated/α-hetero) is 1. The van der Waals surface area contributed by atoms with Gasteiger partial charge in [-0.1, -0.05) is 31.2 Å². The number of ketones is 1. The van der Waals surface area contributed by atoms with E-state index >= 15 is 0 Å². The van der Waals surface area contributed by atoms with Crippen molar-refractivity contribution in [3.8, 4) is 0 Å². The fourth-order valence-electron chi connectivity index (χ4n) is 2.79. The van der Waals surface area contributed by atoms with Crippen LogP contribution in [0.25, 0.3) is 20.6 Å². The third kappa shape index (κ3) is 4.36. The Kier molecular flexibility index (Phi) is 6.77. The molecule has 1 aromatic heterocycles. The van der Waals surface area contributed by atoms with Crippen molar-refractivity contribution < 1.29 is 57.5 Å². The Morgan fingerprint density at radius 2 is 1.24 bits per heavy atom. The fraction of sp³-hybridized carbons (Fsp3) is 0.294. The molecule has 0 radical (unpaired) electrons. The average molecular weight is 521 g/mol. The molecule has 33 heavy (non-hydrogen) atoms. The molecule has 0 saturated carbocycles. The van der Waals surface area contributed by atoms with Crippen molar-refractivity contribution in [3.63, 3.8) is 0 Å². The van der Waals surface area contributed by atoms with E-state index in [-0.39, 0.29) is 0 Å². The molecule has 1 N–H and O–H groups in total. The van der Waals surface area contributed by atoms with Crippen LogP contribution in [0, 0.1) is 0 Å². The summed E-state index contributed by atoms with van der Waals surface area (Å²) in [7, 11) is -12.3. The van der Waals surface area contributed by atoms with Crippen LogP contribution in [0.2, 0.25) is 0 Å². The molecule has 0 amide bonds. The van der Waals surface area contributed by atoms with Gasteiger partial charge < -0.3 is 9.72 Å². The number of benzene rings is 1. The molecular formula is C17H13F6NO7S2. The Balaban J connectivity index is 3.42. The van der Waals surface area contributed by atoms with E-state index in [0.717, 1.165) is 31.2 Å². The highest BCUT2D eigenvalue weighted by atomic mass is 32.2. The van der Waals surface area contributed by atoms with Crippen LogP contribution in [0.5, 0.6) is 0 Å². The molecule has 8 nitrogen and oxygen atoms in total. The number of carbonyl (C=O) groups is 2. The zero-order valence-corrected chi connectivity index (χ0v) is 18.1. The standard InChI is InChI=1S/C17H13F6NO7S2/c1-3-10(25)13(32(27,28)16(18,19)20)11-8-6-4-5-7-9(8)12(24-11)14(15(26)31-2)33(29,30)17(21,22)23/h4-7,24H,3H2,1-2H3/b13-11?,14-12-. The number of hydrogen-bond donors (Lipinski definition) is 1. The number of esters is 1. The third-order valence-electron chi connectivity index (χ3n) is 4.26. The van der Waals surface area contributed by atoms with Crippen molar-refractivity contribution in [2.75, 3.05) is 7.11 Å². The molecule has 1 aromatic carbocycles. The lowest BCUT2D eigenvalue weighted by Gasteiger charge is -2.10. The quantitative estimate of drug-likeness (QED) is 0.466. The van der Waals surface area contributed by atoms with Gasteiger partial charge >= 0.3 is 17.0 Å². The van der Waals surface area contributed by atoms with Gasteiger partial charge in [-0.3, -0.25) is 4.79 Å². The van der Waals surface area contributed by atoms with Crippen molar-refractivity contribution in [3.05, 3.63) is 35.0 Å². The highest BCUT2D eigenvalue weighted by Crippen LogP contribution is 2.32. The van der Waals surface area contributed by atoms with Gasteiger partial charge in [0.25, 0.3) is 19.7 Å². The van der Waals surface area contributed by atoms with Gasteiger partial charge in [0.05, 0.1) is 17.8 Å². The maximum absolute atomic E-state index is 13.3. The summed E-state index contributed by atoms with van der Waals surface area (Å²) in [5, 5.41) is -3.48. The Morgan fingerprint density at radius 3 is 1.61 bits per heavy atom. The van der Waals surface area contributed by atoms with Crippen LogP contribution < -0.4 is 10.7 Å². The Hall–Kier alpha value is -2.88. The van der Waals surface area contributed by atoms with Crippen LogP contribution in [-0.2, 0) is 34.0 Å². The summed E-state index contributed by atoms with van der Waals surface area (Å²) < 4.78 is 132. The van der Waals surface area contributed by atoms with Gasteiger partial charge in [0, 0.05) is 17.2 Å². The van der Waals surface area contributed by atoms with Crippen LogP contribution in [0.15, 0.2) is 24.3 Å². The summed E-state index contributed by atoms with van der Waals surface area (Å²) in [5.74, 6) is -3.60. The number of carbonyl (C=O) groups excluding carboxylic acids is 2. The first kappa shape index (κ1) is 26.4. The van der Waals surface area contributed by atoms with Gasteiger partial charge in [-0.2, -0.15) is 26.3 Å². The number of alkyl halides is 6. The zero-order valence-electron chi connectivity index (χ0n) is 16.5. The molecule has 0 bridgehead atoms. The number of hydrogen-bond acceptors (Lipinski definition) is 7. The summed E-state index contributed by atoms with van der Waals surface area (Å²) in [6.07, 6.45) is -0.762. The van der Waals surface area contributed by atoms with Crippen LogP contribution >= 0.6 is 0 Å². The molecule has 0 spiro atoms. The van der Waals surface area contributed by atoms with E-state index in [1.54, 1.807) is 0 Å². The molecule has 2 rings (SSSR count). The van der Waals surface area contributed by atoms with Crippen molar-refractivity contribution in [2.45, 2.75) is 24.4 Å². The summed E-state index contributed by atoms with van der Waals surface area (Å²) in [4.78, 5) is 22.2. The number of ether oxygens (including phenoxy) is 1. The number of methoxy groups -OCH3 is 1. The minimum absolute atomic E-state index is 0.548. The molecule has 1 heterocycles. The lowest BCUT2D eigenvalue weighted by Crippen LogP contribution is -2.35. The fourth-order valence-corrected chi connectivity index (χ4v) is 4.86. The first-order valence-electron chi connectivity index (χ1n) is 8.53. The van der Waals surface area contributed by atoms with E-state index in [0.29, 0.717) is 7.11 Å². The molecule has 0 fully saturated rings. The normalized spacial score (nSPS) is 15.3. The predicted molar refractivity (Wildman–Crippen MR) is 102 cm³/mol. The van der Waals surface area contributed by atoms with Gasteiger partial charge in [0.1, 0.15) is 4.91 Å². The molecular weight excluding hydrogens is 508 g/mol. The van der Waals surface area contributed by atoms with Crippen molar-refractivity contribution in [1.82, 2.24) is 4.98 Å². The van der Waals surface area contributed by atoms with Gasteiger partial charge in [0.2, 0.25) is 0 Å². The van der Waals surface area contributed by atoms with E-state index < -0.39 is 80.1 Å². The molecule has 2 aromatic rings. The van der Waals surface area contributed by atoms with Crippen LogP contribution in [0.1, 0.15) is 13.3 Å². The second kappa shape index (κ2) is 8.48. The predicted octanol–water partition coefficient (Wildman–Crippen LogP) is 1.41. The average Bonchev–Trinajstić information content (AvgIpc) is 3.04. The van der Waals surface area contributed by atoms with E-state index in [1.165, 1.54) is 0 Å². The lowest BCUT2D eigenvalue weighted by molar-refractivity contribution is -0.133. The second-order valence-corrected chi connectivity index (χ2v) is 10.0. The number of H-pyrrole nitrogens is 1. The van der Waals surface area contributed by atoms with Crippen molar-refractivity contribution >= 4 is 52.0 Å². The topological polar surface area (TPSA) is 127 Å². The van der Waals surface area contributed by atoms with Crippen molar-refractivity contribution in [2.24, 2.45) is 0 Å². The van der Waals surface area contributed by atoms with Gasteiger partial charge in [-0.05, 0) is 0 Å².